The van der Waals surface area contributed by atoms with Gasteiger partial charge in [0.05, 0.1) is 38.9 Å². The fourth-order valence-electron chi connectivity index (χ4n) is 4.49. The zero-order chi connectivity index (χ0) is 24.7. The Morgan fingerprint density at radius 3 is 2.35 bits per heavy atom. The molecule has 6 nitrogen and oxygen atoms in total. The zero-order valence-electron chi connectivity index (χ0n) is 18.9. The number of nitriles is 1. The van der Waals surface area contributed by atoms with Crippen LogP contribution in [0, 0.1) is 17.2 Å². The number of halogens is 2. The SMILES string of the molecule is CC(C)(O[C@@H]1CC(S(=O)(=O)c2ccccc2Cl)C[C@H]1C(=O)NC1(C#N)CC1)c1ccc(Cl)cc1. The normalized spacial score (nSPS) is 23.8. The molecule has 0 saturated heterocycles. The molecule has 34 heavy (non-hydrogen) atoms. The highest BCUT2D eigenvalue weighted by atomic mass is 35.5. The van der Waals surface area contributed by atoms with E-state index in [2.05, 4.69) is 11.4 Å². The smallest absolute Gasteiger partial charge is 0.227 e. The van der Waals surface area contributed by atoms with Crippen LogP contribution >= 0.6 is 23.2 Å². The second-order valence-electron chi connectivity index (χ2n) is 9.53. The second-order valence-corrected chi connectivity index (χ2v) is 12.6. The lowest BCUT2D eigenvalue weighted by Crippen LogP contribution is -2.44. The molecule has 0 aromatic heterocycles. The summed E-state index contributed by atoms with van der Waals surface area (Å²) in [6.45, 7) is 3.75. The third-order valence-electron chi connectivity index (χ3n) is 6.69. The first-order chi connectivity index (χ1) is 16.0. The van der Waals surface area contributed by atoms with Crippen molar-refractivity contribution >= 4 is 38.9 Å². The van der Waals surface area contributed by atoms with Gasteiger partial charge in [-0.25, -0.2) is 8.42 Å². The Morgan fingerprint density at radius 1 is 1.12 bits per heavy atom. The molecule has 180 valence electrons. The summed E-state index contributed by atoms with van der Waals surface area (Å²) in [6.07, 6.45) is 0.739. The molecule has 1 N–H and O–H groups in total. The van der Waals surface area contributed by atoms with Crippen molar-refractivity contribution in [2.45, 2.75) is 66.9 Å². The maximum absolute atomic E-state index is 13.5. The molecule has 2 aromatic rings. The van der Waals surface area contributed by atoms with E-state index in [1.807, 2.05) is 26.0 Å². The van der Waals surface area contributed by atoms with E-state index >= 15 is 0 Å². The summed E-state index contributed by atoms with van der Waals surface area (Å²) in [7, 11) is -3.80. The van der Waals surface area contributed by atoms with Gasteiger partial charge in [0.15, 0.2) is 9.84 Å². The van der Waals surface area contributed by atoms with Gasteiger partial charge in [-0.05, 0) is 69.4 Å². The molecule has 9 heteroatoms. The molecule has 2 aromatic carbocycles. The van der Waals surface area contributed by atoms with Crippen LogP contribution < -0.4 is 5.32 Å². The lowest BCUT2D eigenvalue weighted by atomic mass is 9.96. The summed E-state index contributed by atoms with van der Waals surface area (Å²) in [6, 6.07) is 15.7. The van der Waals surface area contributed by atoms with E-state index in [4.69, 9.17) is 27.9 Å². The molecular formula is C25H26Cl2N2O4S. The maximum atomic E-state index is 13.5. The molecule has 0 aliphatic heterocycles. The molecular weight excluding hydrogens is 495 g/mol. The van der Waals surface area contributed by atoms with E-state index in [-0.39, 0.29) is 28.7 Å². The molecule has 1 amide bonds. The third-order valence-corrected chi connectivity index (χ3v) is 9.62. The van der Waals surface area contributed by atoms with Crippen molar-refractivity contribution in [2.24, 2.45) is 5.92 Å². The number of ether oxygens (including phenoxy) is 1. The van der Waals surface area contributed by atoms with E-state index in [0.29, 0.717) is 17.9 Å². The van der Waals surface area contributed by atoms with Crippen LogP contribution in [0.3, 0.4) is 0 Å². The number of benzene rings is 2. The van der Waals surface area contributed by atoms with Crippen LogP contribution in [-0.4, -0.2) is 31.2 Å². The Bertz CT molecular complexity index is 1230. The Kier molecular flexibility index (Phi) is 6.73. The van der Waals surface area contributed by atoms with E-state index in [0.717, 1.165) is 5.56 Å². The number of rotatable bonds is 7. The van der Waals surface area contributed by atoms with Crippen LogP contribution in [0.15, 0.2) is 53.4 Å². The first kappa shape index (κ1) is 25.0. The number of carbonyl (C=O) groups excluding carboxylic acids is 1. The standard InChI is InChI=1S/C25H26Cl2N2O4S/c1-24(2,16-7-9-17(26)10-8-16)33-21-14-18(34(31,32)22-6-4-3-5-20(22)27)13-19(21)23(30)29-25(15-28)11-12-25/h3-10,18-19,21H,11-14H2,1-2H3,(H,29,30)/t18?,19-,21-/m1/s1. The molecule has 1 unspecified atom stereocenters. The van der Waals surface area contributed by atoms with Crippen LogP contribution in [0.4, 0.5) is 0 Å². The number of hydrogen-bond acceptors (Lipinski definition) is 5. The van der Waals surface area contributed by atoms with Crippen molar-refractivity contribution in [2.75, 3.05) is 0 Å². The lowest BCUT2D eigenvalue weighted by molar-refractivity contribution is -0.137. The van der Waals surface area contributed by atoms with Gasteiger partial charge in [-0.3, -0.25) is 4.79 Å². The van der Waals surface area contributed by atoms with Gasteiger partial charge < -0.3 is 10.1 Å². The van der Waals surface area contributed by atoms with Crippen molar-refractivity contribution in [3.8, 4) is 6.07 Å². The maximum Gasteiger partial charge on any atom is 0.227 e. The van der Waals surface area contributed by atoms with Crippen molar-refractivity contribution in [1.29, 1.82) is 5.26 Å². The monoisotopic (exact) mass is 520 g/mol. The number of nitrogens with zero attached hydrogens (tertiary/aromatic N) is 1. The fraction of sp³-hybridized carbons (Fsp3) is 0.440. The van der Waals surface area contributed by atoms with Gasteiger partial charge >= 0.3 is 0 Å². The van der Waals surface area contributed by atoms with Gasteiger partial charge in [-0.1, -0.05) is 47.5 Å². The summed E-state index contributed by atoms with van der Waals surface area (Å²) in [4.78, 5) is 13.3. The topological polar surface area (TPSA) is 96.3 Å². The minimum Gasteiger partial charge on any atom is -0.367 e. The third kappa shape index (κ3) is 4.96. The average molecular weight is 521 g/mol. The van der Waals surface area contributed by atoms with Crippen LogP contribution in [0.1, 0.15) is 45.1 Å². The Morgan fingerprint density at radius 2 is 1.76 bits per heavy atom. The molecule has 2 saturated carbocycles. The number of carbonyl (C=O) groups is 1. The van der Waals surface area contributed by atoms with Crippen molar-refractivity contribution in [3.05, 3.63) is 64.1 Å². The average Bonchev–Trinajstić information content (AvgIpc) is 3.43. The fourth-order valence-corrected chi connectivity index (χ4v) is 6.94. The summed E-state index contributed by atoms with van der Waals surface area (Å²) in [5.74, 6) is -1.08. The minimum atomic E-state index is -3.80. The van der Waals surface area contributed by atoms with Crippen LogP contribution in [0.2, 0.25) is 10.0 Å². The lowest BCUT2D eigenvalue weighted by Gasteiger charge is -2.32. The van der Waals surface area contributed by atoms with Crippen LogP contribution in [0.5, 0.6) is 0 Å². The molecule has 2 aliphatic rings. The van der Waals surface area contributed by atoms with Crippen molar-refractivity contribution in [3.63, 3.8) is 0 Å². The predicted octanol–water partition coefficient (Wildman–Crippen LogP) is 5.04. The van der Waals surface area contributed by atoms with Crippen molar-refractivity contribution < 1.29 is 17.9 Å². The predicted molar refractivity (Wildman–Crippen MR) is 130 cm³/mol. The second kappa shape index (κ2) is 9.16. The van der Waals surface area contributed by atoms with Crippen LogP contribution in [0.25, 0.3) is 0 Å². The summed E-state index contributed by atoms with van der Waals surface area (Å²) < 4.78 is 33.3. The molecule has 0 radical (unpaired) electrons. The molecule has 3 atom stereocenters. The van der Waals surface area contributed by atoms with E-state index in [1.165, 1.54) is 12.1 Å². The van der Waals surface area contributed by atoms with Gasteiger partial charge in [0.25, 0.3) is 0 Å². The summed E-state index contributed by atoms with van der Waals surface area (Å²) in [5, 5.41) is 12.1. The Hall–Kier alpha value is -2.11. The minimum absolute atomic E-state index is 0.0501. The highest BCUT2D eigenvalue weighted by Crippen LogP contribution is 2.42. The largest absolute Gasteiger partial charge is 0.367 e. The Balaban J connectivity index is 1.63. The first-order valence-corrected chi connectivity index (χ1v) is 13.4. The number of amides is 1. The van der Waals surface area contributed by atoms with Gasteiger partial charge in [0.1, 0.15) is 5.54 Å². The molecule has 4 rings (SSSR count). The zero-order valence-corrected chi connectivity index (χ0v) is 21.3. The van der Waals surface area contributed by atoms with Crippen molar-refractivity contribution in [1.82, 2.24) is 5.32 Å². The van der Waals surface area contributed by atoms with Crippen LogP contribution in [-0.2, 0) is 25.0 Å². The van der Waals surface area contributed by atoms with Gasteiger partial charge in [0, 0.05) is 5.02 Å². The molecule has 2 aliphatic carbocycles. The highest BCUT2D eigenvalue weighted by Gasteiger charge is 2.51. The van der Waals surface area contributed by atoms with Gasteiger partial charge in [0.2, 0.25) is 5.91 Å². The molecule has 0 bridgehead atoms. The number of sulfone groups is 1. The quantitative estimate of drug-likeness (QED) is 0.551. The molecule has 0 spiro atoms. The van der Waals surface area contributed by atoms with Gasteiger partial charge in [-0.2, -0.15) is 5.26 Å². The Labute approximate surface area is 210 Å². The van der Waals surface area contributed by atoms with E-state index in [9.17, 15) is 18.5 Å². The molecule has 0 heterocycles. The van der Waals surface area contributed by atoms with E-state index < -0.39 is 38.2 Å². The van der Waals surface area contributed by atoms with E-state index in [1.54, 1.807) is 24.3 Å². The summed E-state index contributed by atoms with van der Waals surface area (Å²) in [5.41, 5.74) is -0.805. The first-order valence-electron chi connectivity index (χ1n) is 11.1. The summed E-state index contributed by atoms with van der Waals surface area (Å²) >= 11 is 12.2. The van der Waals surface area contributed by atoms with Gasteiger partial charge in [-0.15, -0.1) is 0 Å². The molecule has 2 fully saturated rings. The number of hydrogen-bond donors (Lipinski definition) is 1. The number of nitrogens with one attached hydrogen (secondary N) is 1. The highest BCUT2D eigenvalue weighted by molar-refractivity contribution is 7.92.